The van der Waals surface area contributed by atoms with Crippen LogP contribution in [0.25, 0.3) is 0 Å². The van der Waals surface area contributed by atoms with Crippen LogP contribution in [0, 0.1) is 20.8 Å². The van der Waals surface area contributed by atoms with Gasteiger partial charge in [-0.05, 0) is 45.7 Å². The zero-order valence-corrected chi connectivity index (χ0v) is 17.0. The van der Waals surface area contributed by atoms with Crippen molar-refractivity contribution in [3.63, 3.8) is 0 Å². The van der Waals surface area contributed by atoms with Gasteiger partial charge in [0.25, 0.3) is 5.91 Å². The molecule has 3 aromatic heterocycles. The number of thiazole rings is 1. The van der Waals surface area contributed by atoms with Crippen LogP contribution in [0.15, 0.2) is 30.6 Å². The van der Waals surface area contributed by atoms with Crippen molar-refractivity contribution < 1.29 is 4.79 Å². The highest BCUT2D eigenvalue weighted by molar-refractivity contribution is 7.15. The van der Waals surface area contributed by atoms with Crippen molar-refractivity contribution in [1.29, 1.82) is 0 Å². The van der Waals surface area contributed by atoms with Crippen LogP contribution in [-0.2, 0) is 0 Å². The molecule has 28 heavy (non-hydrogen) atoms. The maximum Gasteiger partial charge on any atom is 0.274 e. The Morgan fingerprint density at radius 1 is 1.18 bits per heavy atom. The number of nitrogens with one attached hydrogen (secondary N) is 1. The van der Waals surface area contributed by atoms with Crippen LogP contribution in [0.2, 0.25) is 0 Å². The lowest BCUT2D eigenvalue weighted by Gasteiger charge is -2.24. The topological polar surface area (TPSA) is 83.9 Å². The molecule has 0 aliphatic carbocycles. The summed E-state index contributed by atoms with van der Waals surface area (Å²) in [5.74, 6) is 0.641. The maximum atomic E-state index is 12.9. The highest BCUT2D eigenvalue weighted by atomic mass is 32.1. The van der Waals surface area contributed by atoms with E-state index in [1.165, 1.54) is 4.88 Å². The summed E-state index contributed by atoms with van der Waals surface area (Å²) >= 11 is 1.61. The number of rotatable bonds is 4. The first-order valence-electron chi connectivity index (χ1n) is 9.29. The fourth-order valence-electron chi connectivity index (χ4n) is 3.31. The summed E-state index contributed by atoms with van der Waals surface area (Å²) in [5, 5.41) is 4.11. The number of carbonyl (C=O) groups excluding carboxylic acids is 1. The van der Waals surface area contributed by atoms with Crippen molar-refractivity contribution in [3.05, 3.63) is 58.2 Å². The molecule has 1 aliphatic rings. The van der Waals surface area contributed by atoms with E-state index in [4.69, 9.17) is 4.98 Å². The molecule has 1 atom stereocenters. The predicted molar refractivity (Wildman–Crippen MR) is 109 cm³/mol. The normalized spacial score (nSPS) is 16.4. The second-order valence-corrected chi connectivity index (χ2v) is 8.14. The zero-order chi connectivity index (χ0) is 19.7. The number of amides is 1. The van der Waals surface area contributed by atoms with E-state index in [9.17, 15) is 4.79 Å². The minimum atomic E-state index is -0.0960. The van der Waals surface area contributed by atoms with Gasteiger partial charge in [-0.15, -0.1) is 11.3 Å². The SMILES string of the molecule is Cc1cnc(C(=O)N2CCC[C@H]2c2cccc(Nc3nc(C)c(C)s3)n2)cn1. The number of aryl methyl sites for hydroxylation is 3. The Labute approximate surface area is 167 Å². The number of aromatic nitrogens is 4. The minimum Gasteiger partial charge on any atom is -0.329 e. The number of nitrogens with zero attached hydrogens (tertiary/aromatic N) is 5. The van der Waals surface area contributed by atoms with Gasteiger partial charge in [-0.2, -0.15) is 0 Å². The summed E-state index contributed by atoms with van der Waals surface area (Å²) in [5.41, 5.74) is 3.07. The first kappa shape index (κ1) is 18.5. The quantitative estimate of drug-likeness (QED) is 0.721. The fraction of sp³-hybridized carbons (Fsp3) is 0.350. The Bertz CT molecular complexity index is 981. The van der Waals surface area contributed by atoms with Gasteiger partial charge in [-0.1, -0.05) is 6.07 Å². The molecular weight excluding hydrogens is 372 g/mol. The van der Waals surface area contributed by atoms with Gasteiger partial charge in [-0.25, -0.2) is 15.0 Å². The lowest BCUT2D eigenvalue weighted by atomic mass is 10.1. The molecular formula is C20H22N6OS. The summed E-state index contributed by atoms with van der Waals surface area (Å²) in [7, 11) is 0. The molecule has 8 heteroatoms. The highest BCUT2D eigenvalue weighted by Crippen LogP contribution is 2.33. The Hall–Kier alpha value is -2.87. The van der Waals surface area contributed by atoms with E-state index in [-0.39, 0.29) is 11.9 Å². The van der Waals surface area contributed by atoms with Gasteiger partial charge in [0.15, 0.2) is 5.13 Å². The first-order valence-corrected chi connectivity index (χ1v) is 10.1. The fourth-order valence-corrected chi connectivity index (χ4v) is 4.13. The summed E-state index contributed by atoms with van der Waals surface area (Å²) in [6.45, 7) is 6.60. The monoisotopic (exact) mass is 394 g/mol. The van der Waals surface area contributed by atoms with Crippen LogP contribution >= 0.6 is 11.3 Å². The van der Waals surface area contributed by atoms with Gasteiger partial charge in [0, 0.05) is 17.6 Å². The van der Waals surface area contributed by atoms with Gasteiger partial charge >= 0.3 is 0 Å². The Kier molecular flexibility index (Phi) is 5.04. The zero-order valence-electron chi connectivity index (χ0n) is 16.1. The summed E-state index contributed by atoms with van der Waals surface area (Å²) in [6.07, 6.45) is 5.00. The number of anilines is 2. The molecule has 4 heterocycles. The molecule has 1 fully saturated rings. The van der Waals surface area contributed by atoms with Crippen LogP contribution in [0.1, 0.15) is 51.3 Å². The van der Waals surface area contributed by atoms with Gasteiger partial charge in [0.1, 0.15) is 11.5 Å². The van der Waals surface area contributed by atoms with Crippen molar-refractivity contribution in [1.82, 2.24) is 24.8 Å². The molecule has 0 spiro atoms. The van der Waals surface area contributed by atoms with Gasteiger partial charge in [0.2, 0.25) is 0 Å². The molecule has 0 radical (unpaired) electrons. The second kappa shape index (κ2) is 7.63. The number of likely N-dealkylation sites (tertiary alicyclic amines) is 1. The van der Waals surface area contributed by atoms with E-state index >= 15 is 0 Å². The van der Waals surface area contributed by atoms with Crippen molar-refractivity contribution in [2.45, 2.75) is 39.7 Å². The molecule has 0 aromatic carbocycles. The largest absolute Gasteiger partial charge is 0.329 e. The number of pyridine rings is 1. The average molecular weight is 395 g/mol. The molecule has 1 N–H and O–H groups in total. The number of hydrogen-bond acceptors (Lipinski definition) is 7. The van der Waals surface area contributed by atoms with Crippen molar-refractivity contribution in [2.75, 3.05) is 11.9 Å². The van der Waals surface area contributed by atoms with E-state index < -0.39 is 0 Å². The van der Waals surface area contributed by atoms with E-state index in [1.807, 2.05) is 36.9 Å². The third-order valence-corrected chi connectivity index (χ3v) is 5.88. The van der Waals surface area contributed by atoms with E-state index in [0.717, 1.165) is 40.9 Å². The highest BCUT2D eigenvalue weighted by Gasteiger charge is 2.32. The summed E-state index contributed by atoms with van der Waals surface area (Å²) in [6, 6.07) is 5.80. The third-order valence-electron chi connectivity index (χ3n) is 4.89. The van der Waals surface area contributed by atoms with Crippen LogP contribution < -0.4 is 5.32 Å². The molecule has 1 aliphatic heterocycles. The predicted octanol–water partition coefficient (Wildman–Crippen LogP) is 3.97. The maximum absolute atomic E-state index is 12.9. The molecule has 1 amide bonds. The Morgan fingerprint density at radius 3 is 2.75 bits per heavy atom. The Morgan fingerprint density at radius 2 is 2.04 bits per heavy atom. The van der Waals surface area contributed by atoms with Crippen molar-refractivity contribution >= 4 is 28.2 Å². The molecule has 144 valence electrons. The smallest absolute Gasteiger partial charge is 0.274 e. The van der Waals surface area contributed by atoms with Crippen LogP contribution in [0.4, 0.5) is 10.9 Å². The average Bonchev–Trinajstić information content (AvgIpc) is 3.29. The van der Waals surface area contributed by atoms with Crippen LogP contribution in [0.5, 0.6) is 0 Å². The molecule has 1 saturated heterocycles. The molecule has 0 bridgehead atoms. The lowest BCUT2D eigenvalue weighted by molar-refractivity contribution is 0.0726. The number of carbonyl (C=O) groups is 1. The van der Waals surface area contributed by atoms with Gasteiger partial charge in [-0.3, -0.25) is 9.78 Å². The van der Waals surface area contributed by atoms with E-state index in [0.29, 0.717) is 12.2 Å². The summed E-state index contributed by atoms with van der Waals surface area (Å²) in [4.78, 5) is 33.7. The molecule has 0 unspecified atom stereocenters. The molecule has 7 nitrogen and oxygen atoms in total. The second-order valence-electron chi connectivity index (χ2n) is 6.93. The lowest BCUT2D eigenvalue weighted by Crippen LogP contribution is -2.31. The van der Waals surface area contributed by atoms with Crippen molar-refractivity contribution in [2.24, 2.45) is 0 Å². The third kappa shape index (κ3) is 3.73. The van der Waals surface area contributed by atoms with E-state index in [2.05, 4.69) is 27.2 Å². The first-order chi connectivity index (χ1) is 13.5. The van der Waals surface area contributed by atoms with E-state index in [1.54, 1.807) is 23.7 Å². The minimum absolute atomic E-state index is 0.0582. The number of hydrogen-bond donors (Lipinski definition) is 1. The van der Waals surface area contributed by atoms with Crippen LogP contribution in [-0.4, -0.2) is 37.3 Å². The molecule has 0 saturated carbocycles. The van der Waals surface area contributed by atoms with Crippen molar-refractivity contribution in [3.8, 4) is 0 Å². The van der Waals surface area contributed by atoms with Crippen LogP contribution in [0.3, 0.4) is 0 Å². The van der Waals surface area contributed by atoms with Gasteiger partial charge in [0.05, 0.1) is 29.3 Å². The molecule has 3 aromatic rings. The summed E-state index contributed by atoms with van der Waals surface area (Å²) < 4.78 is 0. The molecule has 4 rings (SSSR count). The standard InChI is InChI=1S/C20H22N6OS/c1-12-10-22-16(11-21-12)19(27)26-9-5-7-17(26)15-6-4-8-18(24-15)25-20-23-13(2)14(3)28-20/h4,6,8,10-11,17H,5,7,9H2,1-3H3,(H,23,24,25)/t17-/m0/s1. The van der Waals surface area contributed by atoms with Gasteiger partial charge < -0.3 is 10.2 Å². The Balaban J connectivity index is 1.55.